The molecular formula is C29H46ClFN4O3. The molecule has 0 saturated carbocycles. The molecule has 0 radical (unpaired) electrons. The summed E-state index contributed by atoms with van der Waals surface area (Å²) >= 11 is 0. The summed E-state index contributed by atoms with van der Waals surface area (Å²) in [6, 6.07) is 5.92. The molecule has 2 aliphatic heterocycles. The lowest BCUT2D eigenvalue weighted by Gasteiger charge is -2.46. The van der Waals surface area contributed by atoms with E-state index >= 15 is 0 Å². The lowest BCUT2D eigenvalue weighted by Crippen LogP contribution is -2.63. The molecule has 1 aromatic carbocycles. The number of carbonyl (C=O) groups excluding carboxylic acids is 3. The standard InChI is InChI=1S/C29H45FN4O3.ClH/c1-18(2)32-16-24(22-9-11-23(30)12-10-22)25(17-32)27(36)33-14-20(4)34(15-19(33)3)28(37)26(31-21(5)35)13-29(6,7)8;/h9-12,18-20,24-26H,13-17H2,1-8H3,(H,31,35);1H/t19-,20+,24-,25+,26-;/m0./s1. The van der Waals surface area contributed by atoms with Crippen LogP contribution in [0.25, 0.3) is 0 Å². The van der Waals surface area contributed by atoms with Gasteiger partial charge in [0.25, 0.3) is 0 Å². The van der Waals surface area contributed by atoms with Crippen molar-refractivity contribution in [3.05, 3.63) is 35.6 Å². The Balaban J connectivity index is 0.00000507. The number of hydrogen-bond donors (Lipinski definition) is 1. The Morgan fingerprint density at radius 1 is 0.974 bits per heavy atom. The van der Waals surface area contributed by atoms with E-state index in [2.05, 4.69) is 44.8 Å². The van der Waals surface area contributed by atoms with Crippen molar-refractivity contribution in [3.63, 3.8) is 0 Å². The van der Waals surface area contributed by atoms with Gasteiger partial charge in [-0.2, -0.15) is 0 Å². The molecule has 214 valence electrons. The minimum absolute atomic E-state index is 0. The summed E-state index contributed by atoms with van der Waals surface area (Å²) in [4.78, 5) is 45.4. The maximum absolute atomic E-state index is 14.0. The number of nitrogens with zero attached hydrogens (tertiary/aromatic N) is 3. The van der Waals surface area contributed by atoms with Gasteiger partial charge in [0.2, 0.25) is 17.7 Å². The molecule has 2 aliphatic rings. The molecule has 0 aliphatic carbocycles. The third kappa shape index (κ3) is 7.69. The fraction of sp³-hybridized carbons (Fsp3) is 0.690. The number of nitrogens with one attached hydrogen (secondary N) is 1. The van der Waals surface area contributed by atoms with E-state index in [1.54, 1.807) is 12.1 Å². The third-order valence-corrected chi connectivity index (χ3v) is 7.74. The molecule has 0 aromatic heterocycles. The Bertz CT molecular complexity index is 981. The number of hydrogen-bond acceptors (Lipinski definition) is 4. The number of carbonyl (C=O) groups is 3. The van der Waals surface area contributed by atoms with Crippen LogP contribution in [0.1, 0.15) is 73.3 Å². The molecule has 7 nitrogen and oxygen atoms in total. The first-order chi connectivity index (χ1) is 17.2. The molecular weight excluding hydrogens is 507 g/mol. The Morgan fingerprint density at radius 2 is 1.53 bits per heavy atom. The number of likely N-dealkylation sites (tertiary alicyclic amines) is 1. The Labute approximate surface area is 233 Å². The molecule has 0 bridgehead atoms. The predicted octanol–water partition coefficient (Wildman–Crippen LogP) is 4.06. The van der Waals surface area contributed by atoms with Crippen LogP contribution in [-0.4, -0.2) is 82.8 Å². The lowest BCUT2D eigenvalue weighted by molar-refractivity contribution is -0.150. The molecule has 5 atom stereocenters. The number of benzene rings is 1. The van der Waals surface area contributed by atoms with E-state index in [1.807, 2.05) is 23.6 Å². The first-order valence-corrected chi connectivity index (χ1v) is 13.6. The predicted molar refractivity (Wildman–Crippen MR) is 151 cm³/mol. The zero-order valence-electron chi connectivity index (χ0n) is 24.2. The second-order valence-electron chi connectivity index (χ2n) is 12.5. The number of rotatable bonds is 6. The fourth-order valence-electron chi connectivity index (χ4n) is 5.77. The molecule has 38 heavy (non-hydrogen) atoms. The molecule has 0 unspecified atom stereocenters. The molecule has 3 amide bonds. The van der Waals surface area contributed by atoms with Crippen molar-refractivity contribution in [1.82, 2.24) is 20.0 Å². The van der Waals surface area contributed by atoms with Gasteiger partial charge in [-0.15, -0.1) is 12.4 Å². The van der Waals surface area contributed by atoms with E-state index in [-0.39, 0.29) is 65.3 Å². The highest BCUT2D eigenvalue weighted by Gasteiger charge is 2.45. The molecule has 2 fully saturated rings. The maximum atomic E-state index is 14.0. The first-order valence-electron chi connectivity index (χ1n) is 13.6. The van der Waals surface area contributed by atoms with Gasteiger partial charge >= 0.3 is 0 Å². The van der Waals surface area contributed by atoms with Crippen molar-refractivity contribution in [2.24, 2.45) is 11.3 Å². The Hall–Kier alpha value is -2.19. The normalized spacial score (nSPS) is 25.2. The summed E-state index contributed by atoms with van der Waals surface area (Å²) in [5.41, 5.74) is 0.855. The van der Waals surface area contributed by atoms with Crippen LogP contribution in [0.5, 0.6) is 0 Å². The smallest absolute Gasteiger partial charge is 0.245 e. The van der Waals surface area contributed by atoms with Gasteiger partial charge in [-0.05, 0) is 57.2 Å². The average molecular weight is 553 g/mol. The topological polar surface area (TPSA) is 73.0 Å². The minimum Gasteiger partial charge on any atom is -0.345 e. The van der Waals surface area contributed by atoms with Crippen LogP contribution in [0.3, 0.4) is 0 Å². The molecule has 9 heteroatoms. The van der Waals surface area contributed by atoms with Crippen molar-refractivity contribution in [2.45, 2.75) is 91.9 Å². The summed E-state index contributed by atoms with van der Waals surface area (Å²) < 4.78 is 13.6. The van der Waals surface area contributed by atoms with Crippen LogP contribution < -0.4 is 5.32 Å². The quantitative estimate of drug-likeness (QED) is 0.577. The van der Waals surface area contributed by atoms with Crippen LogP contribution >= 0.6 is 12.4 Å². The van der Waals surface area contributed by atoms with E-state index in [0.717, 1.165) is 12.1 Å². The number of halogens is 2. The molecule has 2 saturated heterocycles. The highest BCUT2D eigenvalue weighted by molar-refractivity contribution is 5.88. The van der Waals surface area contributed by atoms with E-state index < -0.39 is 6.04 Å². The zero-order valence-corrected chi connectivity index (χ0v) is 25.0. The van der Waals surface area contributed by atoms with Crippen molar-refractivity contribution < 1.29 is 18.8 Å². The van der Waals surface area contributed by atoms with Gasteiger partial charge in [0, 0.05) is 57.1 Å². The van der Waals surface area contributed by atoms with Crippen molar-refractivity contribution in [2.75, 3.05) is 26.2 Å². The van der Waals surface area contributed by atoms with Gasteiger partial charge in [-0.1, -0.05) is 32.9 Å². The Kier molecular flexibility index (Phi) is 10.8. The summed E-state index contributed by atoms with van der Waals surface area (Å²) in [5.74, 6) is -0.728. The van der Waals surface area contributed by atoms with Gasteiger partial charge in [0.05, 0.1) is 5.92 Å². The summed E-state index contributed by atoms with van der Waals surface area (Å²) in [7, 11) is 0. The molecule has 2 heterocycles. The maximum Gasteiger partial charge on any atom is 0.245 e. The summed E-state index contributed by atoms with van der Waals surface area (Å²) in [6.07, 6.45) is 0.540. The third-order valence-electron chi connectivity index (χ3n) is 7.74. The average Bonchev–Trinajstić information content (AvgIpc) is 3.24. The molecule has 1 N–H and O–H groups in total. The zero-order chi connectivity index (χ0) is 27.7. The number of piperazine rings is 1. The summed E-state index contributed by atoms with van der Waals surface area (Å²) in [5, 5.41) is 2.85. The van der Waals surface area contributed by atoms with Gasteiger partial charge in [-0.25, -0.2) is 4.39 Å². The largest absolute Gasteiger partial charge is 0.345 e. The highest BCUT2D eigenvalue weighted by Crippen LogP contribution is 2.36. The van der Waals surface area contributed by atoms with Crippen LogP contribution in [0.2, 0.25) is 0 Å². The van der Waals surface area contributed by atoms with E-state index in [1.165, 1.54) is 19.1 Å². The second-order valence-corrected chi connectivity index (χ2v) is 12.5. The van der Waals surface area contributed by atoms with Crippen molar-refractivity contribution in [3.8, 4) is 0 Å². The van der Waals surface area contributed by atoms with Gasteiger partial charge in [-0.3, -0.25) is 19.3 Å². The van der Waals surface area contributed by atoms with E-state index in [0.29, 0.717) is 32.1 Å². The highest BCUT2D eigenvalue weighted by atomic mass is 35.5. The second kappa shape index (κ2) is 12.8. The van der Waals surface area contributed by atoms with Crippen molar-refractivity contribution in [1.29, 1.82) is 0 Å². The van der Waals surface area contributed by atoms with Crippen LogP contribution in [-0.2, 0) is 14.4 Å². The van der Waals surface area contributed by atoms with Crippen LogP contribution in [0.15, 0.2) is 24.3 Å². The molecule has 3 rings (SSSR count). The van der Waals surface area contributed by atoms with E-state index in [9.17, 15) is 18.8 Å². The molecule has 0 spiro atoms. The minimum atomic E-state index is -0.591. The van der Waals surface area contributed by atoms with E-state index in [4.69, 9.17) is 0 Å². The van der Waals surface area contributed by atoms with Crippen LogP contribution in [0.4, 0.5) is 4.39 Å². The van der Waals surface area contributed by atoms with Gasteiger partial charge < -0.3 is 15.1 Å². The molecule has 1 aromatic rings. The lowest BCUT2D eigenvalue weighted by atomic mass is 9.86. The number of amides is 3. The van der Waals surface area contributed by atoms with Gasteiger partial charge in [0.15, 0.2) is 0 Å². The van der Waals surface area contributed by atoms with Crippen molar-refractivity contribution >= 4 is 30.1 Å². The first kappa shape index (κ1) is 32.0. The fourth-order valence-corrected chi connectivity index (χ4v) is 5.77. The monoisotopic (exact) mass is 552 g/mol. The SMILES string of the molecule is CC(=O)N[C@@H](CC(C)(C)C)C(=O)N1C[C@H](C)N(C(=O)[C@@H]2CN(C(C)C)C[C@H]2c2ccc(F)cc2)C[C@H]1C.Cl. The van der Waals surface area contributed by atoms with Crippen LogP contribution in [0, 0.1) is 17.2 Å². The van der Waals surface area contributed by atoms with Gasteiger partial charge in [0.1, 0.15) is 11.9 Å². The Morgan fingerprint density at radius 3 is 2.05 bits per heavy atom. The summed E-state index contributed by atoms with van der Waals surface area (Å²) in [6.45, 7) is 18.1.